The Kier molecular flexibility index (Phi) is 4.23. The molecule has 3 nitrogen and oxygen atoms in total. The second-order valence-corrected chi connectivity index (χ2v) is 6.58. The number of ketones is 1. The Morgan fingerprint density at radius 3 is 2.47 bits per heavy atom. The average molecular weight is 266 g/mol. The molecule has 3 rings (SSSR count). The highest BCUT2D eigenvalue weighted by molar-refractivity contribution is 5.79. The van der Waals surface area contributed by atoms with E-state index < -0.39 is 0 Å². The summed E-state index contributed by atoms with van der Waals surface area (Å²) in [4.78, 5) is 11.3. The van der Waals surface area contributed by atoms with Gasteiger partial charge in [0.15, 0.2) is 0 Å². The zero-order chi connectivity index (χ0) is 13.1. The monoisotopic (exact) mass is 266 g/mol. The molecule has 0 aromatic heterocycles. The predicted octanol–water partition coefficient (Wildman–Crippen LogP) is 3.40. The van der Waals surface area contributed by atoms with Crippen molar-refractivity contribution in [3.8, 4) is 0 Å². The van der Waals surface area contributed by atoms with Crippen LogP contribution >= 0.6 is 0 Å². The summed E-state index contributed by atoms with van der Waals surface area (Å²) < 4.78 is 12.4. The molecule has 0 radical (unpaired) electrons. The van der Waals surface area contributed by atoms with E-state index in [-0.39, 0.29) is 5.60 Å². The Morgan fingerprint density at radius 2 is 1.74 bits per heavy atom. The summed E-state index contributed by atoms with van der Waals surface area (Å²) in [6.45, 7) is 0.857. The Morgan fingerprint density at radius 1 is 1.00 bits per heavy atom. The number of ether oxygens (including phenoxy) is 2. The topological polar surface area (TPSA) is 35.5 Å². The molecule has 1 heterocycles. The molecular weight excluding hydrogens is 240 g/mol. The first-order valence-electron chi connectivity index (χ1n) is 8.07. The quantitative estimate of drug-likeness (QED) is 0.768. The molecule has 1 saturated heterocycles. The molecule has 3 heteroatoms. The third kappa shape index (κ3) is 3.38. The molecule has 1 atom stereocenters. The van der Waals surface area contributed by atoms with Crippen molar-refractivity contribution < 1.29 is 14.3 Å². The molecule has 2 saturated carbocycles. The van der Waals surface area contributed by atoms with Gasteiger partial charge in [0.1, 0.15) is 5.78 Å². The van der Waals surface area contributed by atoms with Gasteiger partial charge in [-0.25, -0.2) is 0 Å². The molecule has 3 aliphatic rings. The summed E-state index contributed by atoms with van der Waals surface area (Å²) >= 11 is 0. The summed E-state index contributed by atoms with van der Waals surface area (Å²) in [6.07, 6.45) is 12.5. The van der Waals surface area contributed by atoms with Gasteiger partial charge in [-0.05, 0) is 32.1 Å². The summed E-state index contributed by atoms with van der Waals surface area (Å²) in [7, 11) is 0. The largest absolute Gasteiger partial charge is 0.375 e. The van der Waals surface area contributed by atoms with Crippen molar-refractivity contribution in [3.63, 3.8) is 0 Å². The van der Waals surface area contributed by atoms with Gasteiger partial charge in [0, 0.05) is 25.9 Å². The summed E-state index contributed by atoms with van der Waals surface area (Å²) in [5.74, 6) is 0.413. The van der Waals surface area contributed by atoms with Gasteiger partial charge in [0.25, 0.3) is 0 Å². The third-order valence-electron chi connectivity index (χ3n) is 5.09. The summed E-state index contributed by atoms with van der Waals surface area (Å²) in [6, 6.07) is 0. The Bertz CT molecular complexity index is 304. The average Bonchev–Trinajstić information content (AvgIpc) is 2.42. The van der Waals surface area contributed by atoms with E-state index in [1.165, 1.54) is 32.1 Å². The molecule has 3 fully saturated rings. The van der Waals surface area contributed by atoms with E-state index in [9.17, 15) is 4.79 Å². The molecule has 2 aliphatic carbocycles. The first-order valence-corrected chi connectivity index (χ1v) is 8.07. The van der Waals surface area contributed by atoms with Gasteiger partial charge < -0.3 is 9.47 Å². The lowest BCUT2D eigenvalue weighted by Gasteiger charge is -2.44. The van der Waals surface area contributed by atoms with Gasteiger partial charge in [0.05, 0.1) is 17.8 Å². The van der Waals surface area contributed by atoms with Crippen molar-refractivity contribution in [2.24, 2.45) is 0 Å². The molecule has 0 aromatic carbocycles. The van der Waals surface area contributed by atoms with E-state index >= 15 is 0 Å². The van der Waals surface area contributed by atoms with Gasteiger partial charge in [0.2, 0.25) is 0 Å². The van der Waals surface area contributed by atoms with Gasteiger partial charge >= 0.3 is 0 Å². The number of hydrogen-bond donors (Lipinski definition) is 0. The maximum atomic E-state index is 11.3. The van der Waals surface area contributed by atoms with E-state index in [2.05, 4.69) is 0 Å². The number of Topliss-reactive ketones (excluding diaryl/α,β-unsaturated/α-hetero) is 1. The van der Waals surface area contributed by atoms with Crippen molar-refractivity contribution in [2.75, 3.05) is 6.61 Å². The van der Waals surface area contributed by atoms with Gasteiger partial charge in [-0.1, -0.05) is 19.3 Å². The minimum atomic E-state index is 0.131. The highest BCUT2D eigenvalue weighted by atomic mass is 16.5. The summed E-state index contributed by atoms with van der Waals surface area (Å²) in [5.41, 5.74) is 0.131. The smallest absolute Gasteiger partial charge is 0.133 e. The lowest BCUT2D eigenvalue weighted by molar-refractivity contribution is -0.164. The number of rotatable bonds is 2. The van der Waals surface area contributed by atoms with E-state index in [4.69, 9.17) is 9.47 Å². The minimum Gasteiger partial charge on any atom is -0.375 e. The molecule has 1 aliphatic heterocycles. The SMILES string of the molecule is O=C1CCC(OC2CCOC3(CCCCC3)C2)CC1. The van der Waals surface area contributed by atoms with Gasteiger partial charge in [-0.2, -0.15) is 0 Å². The number of carbonyl (C=O) groups is 1. The van der Waals surface area contributed by atoms with Crippen LogP contribution in [0.2, 0.25) is 0 Å². The maximum absolute atomic E-state index is 11.3. The zero-order valence-electron chi connectivity index (χ0n) is 11.9. The second kappa shape index (κ2) is 5.92. The number of hydrogen-bond acceptors (Lipinski definition) is 3. The molecule has 0 N–H and O–H groups in total. The first-order chi connectivity index (χ1) is 9.26. The molecular formula is C16H26O3. The van der Waals surface area contributed by atoms with Crippen LogP contribution in [0.3, 0.4) is 0 Å². The highest BCUT2D eigenvalue weighted by Crippen LogP contribution is 2.40. The molecule has 1 spiro atoms. The first kappa shape index (κ1) is 13.6. The lowest BCUT2D eigenvalue weighted by Crippen LogP contribution is -2.45. The zero-order valence-corrected chi connectivity index (χ0v) is 11.9. The van der Waals surface area contributed by atoms with Crippen LogP contribution in [0.25, 0.3) is 0 Å². The van der Waals surface area contributed by atoms with Crippen molar-refractivity contribution in [1.82, 2.24) is 0 Å². The van der Waals surface area contributed by atoms with E-state index in [1.54, 1.807) is 0 Å². The van der Waals surface area contributed by atoms with Crippen LogP contribution in [-0.4, -0.2) is 30.2 Å². The van der Waals surface area contributed by atoms with Crippen LogP contribution < -0.4 is 0 Å². The summed E-state index contributed by atoms with van der Waals surface area (Å²) in [5, 5.41) is 0. The fourth-order valence-corrected chi connectivity index (χ4v) is 3.97. The molecule has 19 heavy (non-hydrogen) atoms. The van der Waals surface area contributed by atoms with Crippen molar-refractivity contribution in [3.05, 3.63) is 0 Å². The number of carbonyl (C=O) groups excluding carboxylic acids is 1. The Balaban J connectivity index is 1.52. The van der Waals surface area contributed by atoms with Crippen molar-refractivity contribution in [1.29, 1.82) is 0 Å². The second-order valence-electron chi connectivity index (χ2n) is 6.58. The lowest BCUT2D eigenvalue weighted by atomic mass is 9.79. The van der Waals surface area contributed by atoms with E-state index in [0.717, 1.165) is 45.1 Å². The van der Waals surface area contributed by atoms with Crippen LogP contribution in [-0.2, 0) is 14.3 Å². The van der Waals surface area contributed by atoms with Crippen molar-refractivity contribution >= 4 is 5.78 Å². The minimum absolute atomic E-state index is 0.131. The molecule has 0 aromatic rings. The normalized spacial score (nSPS) is 32.6. The van der Waals surface area contributed by atoms with E-state index in [1.807, 2.05) is 0 Å². The van der Waals surface area contributed by atoms with Crippen LogP contribution in [0.4, 0.5) is 0 Å². The van der Waals surface area contributed by atoms with Gasteiger partial charge in [-0.15, -0.1) is 0 Å². The molecule has 1 unspecified atom stereocenters. The Labute approximate surface area is 116 Å². The highest BCUT2D eigenvalue weighted by Gasteiger charge is 2.39. The third-order valence-corrected chi connectivity index (χ3v) is 5.09. The predicted molar refractivity (Wildman–Crippen MR) is 73.1 cm³/mol. The fourth-order valence-electron chi connectivity index (χ4n) is 3.97. The maximum Gasteiger partial charge on any atom is 0.133 e. The van der Waals surface area contributed by atoms with Crippen LogP contribution in [0.5, 0.6) is 0 Å². The van der Waals surface area contributed by atoms with Crippen molar-refractivity contribution in [2.45, 2.75) is 88.4 Å². The van der Waals surface area contributed by atoms with Crippen LogP contribution in [0.15, 0.2) is 0 Å². The van der Waals surface area contributed by atoms with Crippen LogP contribution in [0.1, 0.15) is 70.6 Å². The molecule has 0 bridgehead atoms. The standard InChI is InChI=1S/C16H26O3/c17-13-4-6-14(7-5-13)19-15-8-11-18-16(12-15)9-2-1-3-10-16/h14-15H,1-12H2. The molecule has 108 valence electrons. The van der Waals surface area contributed by atoms with Gasteiger partial charge in [-0.3, -0.25) is 4.79 Å². The van der Waals surface area contributed by atoms with E-state index in [0.29, 0.717) is 18.0 Å². The Hall–Kier alpha value is -0.410. The molecule has 0 amide bonds. The fraction of sp³-hybridized carbons (Fsp3) is 0.938. The van der Waals surface area contributed by atoms with Crippen LogP contribution in [0, 0.1) is 0 Å².